The van der Waals surface area contributed by atoms with Crippen molar-refractivity contribution in [1.29, 1.82) is 0 Å². The molecule has 1 aromatic heterocycles. The van der Waals surface area contributed by atoms with E-state index in [4.69, 9.17) is 4.74 Å². The number of carbonyl (C=O) groups is 1. The summed E-state index contributed by atoms with van der Waals surface area (Å²) in [6.07, 6.45) is 6.81. The first-order valence-electron chi connectivity index (χ1n) is 9.60. The summed E-state index contributed by atoms with van der Waals surface area (Å²) in [6.45, 7) is 7.07. The minimum atomic E-state index is -0.292. The summed E-state index contributed by atoms with van der Waals surface area (Å²) in [7, 11) is 1.80. The Balaban J connectivity index is 1.58. The molecule has 3 rings (SSSR count). The number of aryl methyl sites for hydroxylation is 1. The Bertz CT molecular complexity index is 677. The van der Waals surface area contributed by atoms with E-state index in [0.29, 0.717) is 16.9 Å². The molecule has 26 heavy (non-hydrogen) atoms. The Morgan fingerprint density at radius 2 is 2.19 bits per heavy atom. The summed E-state index contributed by atoms with van der Waals surface area (Å²) in [4.78, 5) is 21.5. The lowest BCUT2D eigenvalue weighted by molar-refractivity contribution is 0.0531. The van der Waals surface area contributed by atoms with Gasteiger partial charge in [0.1, 0.15) is 9.88 Å². The van der Waals surface area contributed by atoms with Crippen LogP contribution >= 0.6 is 11.3 Å². The van der Waals surface area contributed by atoms with Crippen LogP contribution in [0, 0.1) is 18.3 Å². The Labute approximate surface area is 159 Å². The van der Waals surface area contributed by atoms with Gasteiger partial charge in [-0.1, -0.05) is 6.42 Å². The number of nitrogens with zero attached hydrogens (tertiary/aromatic N) is 2. The number of guanidine groups is 1. The fourth-order valence-corrected chi connectivity index (χ4v) is 4.73. The van der Waals surface area contributed by atoms with E-state index in [0.717, 1.165) is 29.1 Å². The molecule has 2 saturated carbocycles. The smallest absolute Gasteiger partial charge is 0.350 e. The Morgan fingerprint density at radius 3 is 2.73 bits per heavy atom. The maximum Gasteiger partial charge on any atom is 0.350 e. The highest BCUT2D eigenvalue weighted by Gasteiger charge is 2.48. The van der Waals surface area contributed by atoms with Crippen molar-refractivity contribution in [3.8, 4) is 0 Å². The minimum absolute atomic E-state index is 0.0219. The number of carbonyl (C=O) groups excluding carboxylic acids is 1. The number of aromatic nitrogens is 1. The van der Waals surface area contributed by atoms with Gasteiger partial charge in [0.05, 0.1) is 18.3 Å². The van der Waals surface area contributed by atoms with Crippen LogP contribution in [0.15, 0.2) is 4.99 Å². The number of aliphatic imine (C=N–C) groups is 1. The third-order valence-corrected chi connectivity index (χ3v) is 6.94. The Morgan fingerprint density at radius 1 is 1.46 bits per heavy atom. The van der Waals surface area contributed by atoms with Gasteiger partial charge in [-0.15, -0.1) is 11.3 Å². The predicted octanol–water partition coefficient (Wildman–Crippen LogP) is 3.43. The van der Waals surface area contributed by atoms with Crippen LogP contribution in [0.1, 0.15) is 72.4 Å². The molecular formula is C19H30N4O2S. The van der Waals surface area contributed by atoms with E-state index in [1.165, 1.54) is 43.4 Å². The average molecular weight is 379 g/mol. The molecule has 0 radical (unpaired) electrons. The number of hydrogen-bond donors (Lipinski definition) is 2. The molecular weight excluding hydrogens is 348 g/mol. The van der Waals surface area contributed by atoms with Crippen LogP contribution in [-0.4, -0.2) is 37.1 Å². The van der Waals surface area contributed by atoms with Crippen molar-refractivity contribution in [3.63, 3.8) is 0 Å². The SMILES string of the molecule is CCOC(=O)c1sc(C(C)NC(=NC)NCC2(C3CC3)CCC2)nc1C. The minimum Gasteiger partial charge on any atom is -0.462 e. The molecule has 1 heterocycles. The van der Waals surface area contributed by atoms with Crippen LogP contribution < -0.4 is 10.6 Å². The zero-order valence-corrected chi connectivity index (χ0v) is 17.0. The number of rotatable bonds is 7. The lowest BCUT2D eigenvalue weighted by atomic mass is 9.65. The van der Waals surface area contributed by atoms with Crippen molar-refractivity contribution in [2.24, 2.45) is 16.3 Å². The number of esters is 1. The van der Waals surface area contributed by atoms with Crippen LogP contribution in [0.5, 0.6) is 0 Å². The fourth-order valence-electron chi connectivity index (χ4n) is 3.77. The van der Waals surface area contributed by atoms with Crippen molar-refractivity contribution >= 4 is 23.3 Å². The van der Waals surface area contributed by atoms with Crippen molar-refractivity contribution in [2.45, 2.75) is 58.9 Å². The Hall–Kier alpha value is -1.63. The maximum absolute atomic E-state index is 12.0. The van der Waals surface area contributed by atoms with E-state index in [1.807, 2.05) is 20.8 Å². The largest absolute Gasteiger partial charge is 0.462 e. The van der Waals surface area contributed by atoms with Crippen LogP contribution in [0.4, 0.5) is 0 Å². The van der Waals surface area contributed by atoms with Gasteiger partial charge in [0.15, 0.2) is 5.96 Å². The summed E-state index contributed by atoms with van der Waals surface area (Å²) in [5, 5.41) is 7.80. The van der Waals surface area contributed by atoms with Gasteiger partial charge in [-0.05, 0) is 57.8 Å². The molecule has 1 unspecified atom stereocenters. The van der Waals surface area contributed by atoms with E-state index in [-0.39, 0.29) is 12.0 Å². The molecule has 144 valence electrons. The molecule has 0 aromatic carbocycles. The molecule has 0 saturated heterocycles. The second-order valence-corrected chi connectivity index (χ2v) is 8.50. The van der Waals surface area contributed by atoms with Gasteiger partial charge in [0.2, 0.25) is 0 Å². The monoisotopic (exact) mass is 378 g/mol. The van der Waals surface area contributed by atoms with Crippen molar-refractivity contribution in [2.75, 3.05) is 20.2 Å². The first kappa shape index (κ1) is 19.1. The molecule has 1 atom stereocenters. The summed E-state index contributed by atoms with van der Waals surface area (Å²) < 4.78 is 5.10. The molecule has 0 bridgehead atoms. The second kappa shape index (κ2) is 7.94. The van der Waals surface area contributed by atoms with Gasteiger partial charge < -0.3 is 15.4 Å². The molecule has 0 amide bonds. The molecule has 0 spiro atoms. The maximum atomic E-state index is 12.0. The number of hydrogen-bond acceptors (Lipinski definition) is 5. The first-order valence-corrected chi connectivity index (χ1v) is 10.4. The van der Waals surface area contributed by atoms with Crippen LogP contribution in [0.3, 0.4) is 0 Å². The zero-order chi connectivity index (χ0) is 18.7. The predicted molar refractivity (Wildman–Crippen MR) is 105 cm³/mol. The standard InChI is InChI=1S/C19H30N4O2S/c1-5-25-17(24)15-12(2)22-16(26-15)13(3)23-18(20-4)21-11-19(9-6-10-19)14-7-8-14/h13-14H,5-11H2,1-4H3,(H2,20,21,23). The average Bonchev–Trinajstić information content (AvgIpc) is 3.34. The number of thiazole rings is 1. The highest BCUT2D eigenvalue weighted by Crippen LogP contribution is 2.56. The normalized spacial score (nSPS) is 20.2. The second-order valence-electron chi connectivity index (χ2n) is 7.47. The van der Waals surface area contributed by atoms with E-state index in [9.17, 15) is 4.79 Å². The highest BCUT2D eigenvalue weighted by atomic mass is 32.1. The number of nitrogens with one attached hydrogen (secondary N) is 2. The van der Waals surface area contributed by atoms with Gasteiger partial charge >= 0.3 is 5.97 Å². The van der Waals surface area contributed by atoms with Crippen molar-refractivity contribution < 1.29 is 9.53 Å². The zero-order valence-electron chi connectivity index (χ0n) is 16.2. The molecule has 2 aliphatic carbocycles. The summed E-state index contributed by atoms with van der Waals surface area (Å²) in [5.41, 5.74) is 1.22. The third-order valence-electron chi connectivity index (χ3n) is 5.62. The summed E-state index contributed by atoms with van der Waals surface area (Å²) >= 11 is 1.39. The molecule has 2 N–H and O–H groups in total. The number of ether oxygens (including phenoxy) is 1. The van der Waals surface area contributed by atoms with E-state index < -0.39 is 0 Å². The molecule has 2 aliphatic rings. The fraction of sp³-hybridized carbons (Fsp3) is 0.737. The molecule has 2 fully saturated rings. The molecule has 6 nitrogen and oxygen atoms in total. The highest BCUT2D eigenvalue weighted by molar-refractivity contribution is 7.13. The van der Waals surface area contributed by atoms with Gasteiger partial charge in [-0.25, -0.2) is 9.78 Å². The van der Waals surface area contributed by atoms with E-state index in [2.05, 4.69) is 20.6 Å². The quantitative estimate of drug-likeness (QED) is 0.432. The van der Waals surface area contributed by atoms with Gasteiger partial charge in [-0.2, -0.15) is 0 Å². The van der Waals surface area contributed by atoms with Crippen LogP contribution in [0.2, 0.25) is 0 Å². The van der Waals surface area contributed by atoms with Crippen LogP contribution in [-0.2, 0) is 4.74 Å². The molecule has 0 aliphatic heterocycles. The van der Waals surface area contributed by atoms with Crippen molar-refractivity contribution in [1.82, 2.24) is 15.6 Å². The van der Waals surface area contributed by atoms with E-state index in [1.54, 1.807) is 7.05 Å². The van der Waals surface area contributed by atoms with Crippen molar-refractivity contribution in [3.05, 3.63) is 15.6 Å². The summed E-state index contributed by atoms with van der Waals surface area (Å²) in [6, 6.07) is -0.0219. The third kappa shape index (κ3) is 4.03. The molecule has 1 aromatic rings. The van der Waals surface area contributed by atoms with Gasteiger partial charge in [0, 0.05) is 13.6 Å². The Kier molecular flexibility index (Phi) is 5.85. The lowest BCUT2D eigenvalue weighted by Gasteiger charge is -2.43. The van der Waals surface area contributed by atoms with Crippen LogP contribution in [0.25, 0.3) is 0 Å². The topological polar surface area (TPSA) is 75.6 Å². The summed E-state index contributed by atoms with van der Waals surface area (Å²) in [5.74, 6) is 1.42. The van der Waals surface area contributed by atoms with E-state index >= 15 is 0 Å². The molecule has 7 heteroatoms. The van der Waals surface area contributed by atoms with Gasteiger partial charge in [0.25, 0.3) is 0 Å². The van der Waals surface area contributed by atoms with Gasteiger partial charge in [-0.3, -0.25) is 4.99 Å². The first-order chi connectivity index (χ1) is 12.5. The lowest BCUT2D eigenvalue weighted by Crippen LogP contribution is -2.47.